The monoisotopic (exact) mass is 409 g/mol. The molecule has 0 saturated carbocycles. The summed E-state index contributed by atoms with van der Waals surface area (Å²) in [5.41, 5.74) is 2.70. The first kappa shape index (κ1) is 20.1. The van der Waals surface area contributed by atoms with Crippen molar-refractivity contribution in [1.82, 2.24) is 10.3 Å². The molecular formula is C23H27N3O4. The molecule has 1 N–H and O–H groups in total. The molecule has 7 nitrogen and oxygen atoms in total. The molecule has 158 valence electrons. The van der Waals surface area contributed by atoms with Gasteiger partial charge in [0.15, 0.2) is 17.1 Å². The number of rotatable bonds is 7. The zero-order valence-electron chi connectivity index (χ0n) is 17.4. The molecule has 1 aromatic heterocycles. The summed E-state index contributed by atoms with van der Waals surface area (Å²) in [5.74, 6) is 1.41. The fraction of sp³-hybridized carbons (Fsp3) is 0.391. The van der Waals surface area contributed by atoms with Gasteiger partial charge in [0, 0.05) is 19.6 Å². The summed E-state index contributed by atoms with van der Waals surface area (Å²) in [7, 11) is 3.24. The molecule has 30 heavy (non-hydrogen) atoms. The van der Waals surface area contributed by atoms with E-state index in [4.69, 9.17) is 13.9 Å². The zero-order chi connectivity index (χ0) is 20.9. The summed E-state index contributed by atoms with van der Waals surface area (Å²) < 4.78 is 16.5. The highest BCUT2D eigenvalue weighted by molar-refractivity contribution is 5.80. The molecule has 1 fully saturated rings. The van der Waals surface area contributed by atoms with E-state index >= 15 is 0 Å². The molecule has 4 rings (SSSR count). The average Bonchev–Trinajstić information content (AvgIpc) is 3.23. The lowest BCUT2D eigenvalue weighted by molar-refractivity contribution is -0.125. The third-order valence-corrected chi connectivity index (χ3v) is 5.51. The van der Waals surface area contributed by atoms with Crippen LogP contribution >= 0.6 is 0 Å². The summed E-state index contributed by atoms with van der Waals surface area (Å²) >= 11 is 0. The number of hydrogen-bond acceptors (Lipinski definition) is 6. The molecule has 0 radical (unpaired) electrons. The van der Waals surface area contributed by atoms with E-state index in [0.29, 0.717) is 30.6 Å². The van der Waals surface area contributed by atoms with Crippen LogP contribution < -0.4 is 19.7 Å². The highest BCUT2D eigenvalue weighted by atomic mass is 16.5. The zero-order valence-corrected chi connectivity index (χ0v) is 17.4. The minimum atomic E-state index is -0.0702. The Balaban J connectivity index is 1.32. The number of oxazole rings is 1. The topological polar surface area (TPSA) is 76.8 Å². The summed E-state index contributed by atoms with van der Waals surface area (Å²) in [6, 6.07) is 14.1. The highest BCUT2D eigenvalue weighted by Crippen LogP contribution is 2.28. The molecule has 2 heterocycles. The number of piperidine rings is 1. The molecule has 1 aliphatic rings. The summed E-state index contributed by atoms with van der Waals surface area (Å²) in [4.78, 5) is 19.4. The van der Waals surface area contributed by atoms with Crippen molar-refractivity contribution in [2.24, 2.45) is 5.92 Å². The number of aromatic nitrogens is 1. The molecular weight excluding hydrogens is 382 g/mol. The van der Waals surface area contributed by atoms with Crippen LogP contribution in [-0.4, -0.2) is 44.7 Å². The molecule has 0 bridgehead atoms. The number of methoxy groups -OCH3 is 2. The van der Waals surface area contributed by atoms with Crippen LogP contribution in [0.5, 0.6) is 11.5 Å². The molecule has 1 atom stereocenters. The number of para-hydroxylation sites is 2. The molecule has 2 aromatic carbocycles. The fourth-order valence-corrected chi connectivity index (χ4v) is 3.87. The minimum Gasteiger partial charge on any atom is -0.493 e. The summed E-state index contributed by atoms with van der Waals surface area (Å²) in [6.45, 7) is 2.05. The Kier molecular flexibility index (Phi) is 6.07. The van der Waals surface area contributed by atoms with E-state index in [1.54, 1.807) is 14.2 Å². The van der Waals surface area contributed by atoms with Gasteiger partial charge in [-0.25, -0.2) is 0 Å². The van der Waals surface area contributed by atoms with Gasteiger partial charge in [-0.15, -0.1) is 0 Å². The smallest absolute Gasteiger partial charge is 0.298 e. The van der Waals surface area contributed by atoms with Crippen LogP contribution in [0.25, 0.3) is 11.1 Å². The van der Waals surface area contributed by atoms with Gasteiger partial charge in [0.1, 0.15) is 5.52 Å². The van der Waals surface area contributed by atoms with E-state index < -0.39 is 0 Å². The third-order valence-electron chi connectivity index (χ3n) is 5.51. The molecule has 3 aromatic rings. The number of hydrogen-bond donors (Lipinski definition) is 1. The lowest BCUT2D eigenvalue weighted by Gasteiger charge is -2.30. The van der Waals surface area contributed by atoms with Crippen LogP contribution in [-0.2, 0) is 11.2 Å². The first-order chi connectivity index (χ1) is 14.7. The van der Waals surface area contributed by atoms with Gasteiger partial charge in [-0.2, -0.15) is 4.98 Å². The van der Waals surface area contributed by atoms with Crippen molar-refractivity contribution in [3.05, 3.63) is 48.0 Å². The van der Waals surface area contributed by atoms with Gasteiger partial charge in [-0.3, -0.25) is 4.79 Å². The van der Waals surface area contributed by atoms with E-state index in [1.807, 2.05) is 42.5 Å². The summed E-state index contributed by atoms with van der Waals surface area (Å²) in [6.07, 6.45) is 2.54. The van der Waals surface area contributed by atoms with Crippen molar-refractivity contribution < 1.29 is 18.7 Å². The van der Waals surface area contributed by atoms with E-state index in [9.17, 15) is 4.79 Å². The first-order valence-electron chi connectivity index (χ1n) is 10.3. The normalized spacial score (nSPS) is 16.5. The number of carbonyl (C=O) groups is 1. The van der Waals surface area contributed by atoms with Gasteiger partial charge in [0.05, 0.1) is 20.1 Å². The number of amides is 1. The first-order valence-corrected chi connectivity index (χ1v) is 10.3. The molecule has 1 saturated heterocycles. The molecule has 1 aliphatic heterocycles. The maximum Gasteiger partial charge on any atom is 0.298 e. The number of fused-ring (bicyclic) bond motifs is 1. The molecule has 0 aliphatic carbocycles. The largest absolute Gasteiger partial charge is 0.493 e. The van der Waals surface area contributed by atoms with Crippen molar-refractivity contribution >= 4 is 23.0 Å². The van der Waals surface area contributed by atoms with Crippen LogP contribution in [0.1, 0.15) is 18.4 Å². The predicted octanol–water partition coefficient (Wildman–Crippen LogP) is 3.42. The maximum atomic E-state index is 12.7. The Morgan fingerprint density at radius 1 is 1.20 bits per heavy atom. The van der Waals surface area contributed by atoms with E-state index in [1.165, 1.54) is 0 Å². The quantitative estimate of drug-likeness (QED) is 0.644. The van der Waals surface area contributed by atoms with Gasteiger partial charge < -0.3 is 24.1 Å². The third kappa shape index (κ3) is 4.35. The van der Waals surface area contributed by atoms with Crippen LogP contribution in [0, 0.1) is 5.92 Å². The minimum absolute atomic E-state index is 0.0702. The number of ether oxygens (including phenoxy) is 2. The average molecular weight is 409 g/mol. The SMILES string of the molecule is COc1ccc(CCNC(=O)[C@@H]2CCCN(c3nc4ccccc4o3)C2)cc1OC. The standard InChI is InChI=1S/C23H27N3O4/c1-28-20-10-9-16(14-21(20)29-2)11-12-24-22(27)17-6-5-13-26(15-17)23-25-18-7-3-4-8-19(18)30-23/h3-4,7-10,14,17H,5-6,11-13,15H2,1-2H3,(H,24,27)/t17-/m1/s1. The Bertz CT molecular complexity index is 984. The highest BCUT2D eigenvalue weighted by Gasteiger charge is 2.28. The Morgan fingerprint density at radius 3 is 2.83 bits per heavy atom. The van der Waals surface area contributed by atoms with Crippen molar-refractivity contribution in [1.29, 1.82) is 0 Å². The number of benzene rings is 2. The predicted molar refractivity (Wildman–Crippen MR) is 115 cm³/mol. The van der Waals surface area contributed by atoms with Gasteiger partial charge in [-0.1, -0.05) is 18.2 Å². The lowest BCUT2D eigenvalue weighted by atomic mass is 9.97. The van der Waals surface area contributed by atoms with E-state index in [0.717, 1.165) is 42.5 Å². The van der Waals surface area contributed by atoms with Crippen LogP contribution in [0.15, 0.2) is 46.9 Å². The second-order valence-corrected chi connectivity index (χ2v) is 7.48. The number of anilines is 1. The Labute approximate surface area is 176 Å². The van der Waals surface area contributed by atoms with Crippen LogP contribution in [0.2, 0.25) is 0 Å². The van der Waals surface area contributed by atoms with E-state index in [2.05, 4.69) is 15.2 Å². The van der Waals surface area contributed by atoms with Crippen LogP contribution in [0.3, 0.4) is 0 Å². The lowest BCUT2D eigenvalue weighted by Crippen LogP contribution is -2.43. The Morgan fingerprint density at radius 2 is 2.03 bits per heavy atom. The van der Waals surface area contributed by atoms with Crippen molar-refractivity contribution in [2.45, 2.75) is 19.3 Å². The molecule has 0 unspecified atom stereocenters. The second-order valence-electron chi connectivity index (χ2n) is 7.48. The molecule has 1 amide bonds. The Hall–Kier alpha value is -3.22. The van der Waals surface area contributed by atoms with Crippen molar-refractivity contribution in [2.75, 3.05) is 38.8 Å². The maximum absolute atomic E-state index is 12.7. The number of nitrogens with zero attached hydrogens (tertiary/aromatic N) is 2. The van der Waals surface area contributed by atoms with Crippen LogP contribution in [0.4, 0.5) is 6.01 Å². The van der Waals surface area contributed by atoms with Gasteiger partial charge >= 0.3 is 0 Å². The van der Waals surface area contributed by atoms with Gasteiger partial charge in [-0.05, 0) is 49.1 Å². The molecule has 7 heteroatoms. The second kappa shape index (κ2) is 9.07. The number of nitrogens with one attached hydrogen (secondary N) is 1. The van der Waals surface area contributed by atoms with Gasteiger partial charge in [0.2, 0.25) is 5.91 Å². The fourth-order valence-electron chi connectivity index (χ4n) is 3.87. The summed E-state index contributed by atoms with van der Waals surface area (Å²) in [5, 5.41) is 3.08. The number of carbonyl (C=O) groups excluding carboxylic acids is 1. The van der Waals surface area contributed by atoms with Gasteiger partial charge in [0.25, 0.3) is 6.01 Å². The molecule has 0 spiro atoms. The van der Waals surface area contributed by atoms with Crippen molar-refractivity contribution in [3.8, 4) is 11.5 Å². The van der Waals surface area contributed by atoms with Crippen molar-refractivity contribution in [3.63, 3.8) is 0 Å². The van der Waals surface area contributed by atoms with E-state index in [-0.39, 0.29) is 11.8 Å².